The lowest BCUT2D eigenvalue weighted by Gasteiger charge is -2.06. The first-order valence-corrected chi connectivity index (χ1v) is 6.87. The van der Waals surface area contributed by atoms with Crippen LogP contribution in [0, 0.1) is 0 Å². The molecule has 1 rings (SSSR count). The van der Waals surface area contributed by atoms with Crippen LogP contribution in [-0.4, -0.2) is 27.1 Å². The summed E-state index contributed by atoms with van der Waals surface area (Å²) in [7, 11) is -3.28. The Hall–Kier alpha value is -1.60. The zero-order valence-corrected chi connectivity index (χ0v) is 10.3. The number of carbonyl (C=O) groups excluding carboxylic acids is 1. The van der Waals surface area contributed by atoms with Crippen molar-refractivity contribution in [2.75, 3.05) is 22.8 Å². The molecule has 17 heavy (non-hydrogen) atoms. The molecule has 7 heteroatoms. The average Bonchev–Trinajstić information content (AvgIpc) is 2.19. The van der Waals surface area contributed by atoms with Crippen molar-refractivity contribution in [3.8, 4) is 0 Å². The standard InChI is InChI=1S/C10H15N3O3S/c1-17(15,16)13-9-4-2-8(3-5-9)12-10(14)6-7-11/h2-5,13H,6-7,11H2,1H3,(H,12,14). The van der Waals surface area contributed by atoms with Crippen LogP contribution in [0.5, 0.6) is 0 Å². The maximum absolute atomic E-state index is 11.2. The van der Waals surface area contributed by atoms with E-state index in [1.807, 2.05) is 0 Å². The smallest absolute Gasteiger partial charge is 0.229 e. The predicted molar refractivity (Wildman–Crippen MR) is 67.2 cm³/mol. The van der Waals surface area contributed by atoms with Gasteiger partial charge in [-0.3, -0.25) is 9.52 Å². The number of sulfonamides is 1. The van der Waals surface area contributed by atoms with Crippen LogP contribution in [0.1, 0.15) is 6.42 Å². The van der Waals surface area contributed by atoms with E-state index in [0.717, 1.165) is 6.26 Å². The zero-order chi connectivity index (χ0) is 12.9. The maximum Gasteiger partial charge on any atom is 0.229 e. The maximum atomic E-state index is 11.2. The minimum atomic E-state index is -3.28. The van der Waals surface area contributed by atoms with Crippen molar-refractivity contribution >= 4 is 27.3 Å². The Morgan fingerprint density at radius 1 is 1.24 bits per heavy atom. The first-order chi connectivity index (χ1) is 7.90. The zero-order valence-electron chi connectivity index (χ0n) is 9.43. The minimum absolute atomic E-state index is 0.170. The summed E-state index contributed by atoms with van der Waals surface area (Å²) < 4.78 is 24.2. The van der Waals surface area contributed by atoms with Crippen LogP contribution in [0.4, 0.5) is 11.4 Å². The molecular formula is C10H15N3O3S. The summed E-state index contributed by atoms with van der Waals surface area (Å²) in [5.74, 6) is -0.170. The molecule has 0 radical (unpaired) electrons. The summed E-state index contributed by atoms with van der Waals surface area (Å²) in [5, 5.41) is 2.64. The second kappa shape index (κ2) is 5.65. The molecular weight excluding hydrogens is 242 g/mol. The third kappa shape index (κ3) is 5.32. The molecule has 94 valence electrons. The van der Waals surface area contributed by atoms with E-state index in [2.05, 4.69) is 10.0 Å². The Labute approximate surface area is 100 Å². The van der Waals surface area contributed by atoms with Gasteiger partial charge in [-0.25, -0.2) is 8.42 Å². The van der Waals surface area contributed by atoms with Crippen molar-refractivity contribution in [1.29, 1.82) is 0 Å². The van der Waals surface area contributed by atoms with Gasteiger partial charge in [0.05, 0.1) is 6.26 Å². The summed E-state index contributed by atoms with van der Waals surface area (Å²) in [6, 6.07) is 6.36. The van der Waals surface area contributed by atoms with E-state index >= 15 is 0 Å². The summed E-state index contributed by atoms with van der Waals surface area (Å²) in [6.45, 7) is 0.291. The first-order valence-electron chi connectivity index (χ1n) is 4.98. The van der Waals surface area contributed by atoms with Crippen LogP contribution in [0.25, 0.3) is 0 Å². The molecule has 0 heterocycles. The molecule has 6 nitrogen and oxygen atoms in total. The Morgan fingerprint density at radius 3 is 2.24 bits per heavy atom. The predicted octanol–water partition coefficient (Wildman–Crippen LogP) is 0.345. The fourth-order valence-electron chi connectivity index (χ4n) is 1.19. The molecule has 0 aliphatic carbocycles. The van der Waals surface area contributed by atoms with E-state index in [-0.39, 0.29) is 12.3 Å². The second-order valence-electron chi connectivity index (χ2n) is 3.54. The number of rotatable bonds is 5. The summed E-state index contributed by atoms with van der Waals surface area (Å²) in [6.07, 6.45) is 1.33. The lowest BCUT2D eigenvalue weighted by Crippen LogP contribution is -2.16. The van der Waals surface area contributed by atoms with Crippen molar-refractivity contribution in [3.05, 3.63) is 24.3 Å². The van der Waals surface area contributed by atoms with Crippen LogP contribution in [-0.2, 0) is 14.8 Å². The molecule has 0 aliphatic heterocycles. The molecule has 0 atom stereocenters. The van der Waals surface area contributed by atoms with Gasteiger partial charge in [0, 0.05) is 24.3 Å². The van der Waals surface area contributed by atoms with Crippen molar-refractivity contribution < 1.29 is 13.2 Å². The highest BCUT2D eigenvalue weighted by Crippen LogP contribution is 2.14. The summed E-state index contributed by atoms with van der Waals surface area (Å²) in [5.41, 5.74) is 6.29. The highest BCUT2D eigenvalue weighted by atomic mass is 32.2. The number of anilines is 2. The van der Waals surface area contributed by atoms with Crippen LogP contribution >= 0.6 is 0 Å². The van der Waals surface area contributed by atoms with Gasteiger partial charge in [0.1, 0.15) is 0 Å². The average molecular weight is 257 g/mol. The molecule has 0 bridgehead atoms. The van der Waals surface area contributed by atoms with Crippen LogP contribution in [0.2, 0.25) is 0 Å². The molecule has 4 N–H and O–H groups in total. The highest BCUT2D eigenvalue weighted by Gasteiger charge is 2.03. The third-order valence-electron chi connectivity index (χ3n) is 1.84. The number of hydrogen-bond donors (Lipinski definition) is 3. The Bertz CT molecular complexity index is 482. The van der Waals surface area contributed by atoms with Gasteiger partial charge in [0.25, 0.3) is 0 Å². The van der Waals surface area contributed by atoms with Crippen molar-refractivity contribution in [1.82, 2.24) is 0 Å². The minimum Gasteiger partial charge on any atom is -0.330 e. The van der Waals surface area contributed by atoms with Crippen LogP contribution < -0.4 is 15.8 Å². The number of nitrogens with two attached hydrogens (primary N) is 1. The Balaban J connectivity index is 2.65. The molecule has 1 amide bonds. The van der Waals surface area contributed by atoms with E-state index in [1.165, 1.54) is 0 Å². The van der Waals surface area contributed by atoms with Gasteiger partial charge < -0.3 is 11.1 Å². The van der Waals surface area contributed by atoms with E-state index in [1.54, 1.807) is 24.3 Å². The van der Waals surface area contributed by atoms with E-state index in [4.69, 9.17) is 5.73 Å². The molecule has 0 saturated heterocycles. The van der Waals surface area contributed by atoms with Crippen LogP contribution in [0.3, 0.4) is 0 Å². The summed E-state index contributed by atoms with van der Waals surface area (Å²) >= 11 is 0. The Morgan fingerprint density at radius 2 is 1.76 bits per heavy atom. The normalized spacial score (nSPS) is 10.9. The molecule has 0 saturated carbocycles. The number of amides is 1. The molecule has 0 spiro atoms. The third-order valence-corrected chi connectivity index (χ3v) is 2.45. The van der Waals surface area contributed by atoms with Gasteiger partial charge in [-0.15, -0.1) is 0 Å². The second-order valence-corrected chi connectivity index (χ2v) is 5.29. The molecule has 0 aromatic heterocycles. The van der Waals surface area contributed by atoms with Crippen molar-refractivity contribution in [2.24, 2.45) is 5.73 Å². The fourth-order valence-corrected chi connectivity index (χ4v) is 1.75. The number of benzene rings is 1. The van der Waals surface area contributed by atoms with E-state index < -0.39 is 10.0 Å². The SMILES string of the molecule is CS(=O)(=O)Nc1ccc(NC(=O)CCN)cc1. The van der Waals surface area contributed by atoms with Gasteiger partial charge in [-0.1, -0.05) is 0 Å². The summed E-state index contributed by atoms with van der Waals surface area (Å²) in [4.78, 5) is 11.2. The van der Waals surface area contributed by atoms with Crippen LogP contribution in [0.15, 0.2) is 24.3 Å². The molecule has 1 aromatic carbocycles. The molecule has 0 unspecified atom stereocenters. The number of nitrogens with one attached hydrogen (secondary N) is 2. The number of carbonyl (C=O) groups is 1. The molecule has 0 fully saturated rings. The van der Waals surface area contributed by atoms with Gasteiger partial charge in [0.15, 0.2) is 0 Å². The molecule has 0 aliphatic rings. The quantitative estimate of drug-likeness (QED) is 0.708. The highest BCUT2D eigenvalue weighted by molar-refractivity contribution is 7.92. The number of hydrogen-bond acceptors (Lipinski definition) is 4. The lowest BCUT2D eigenvalue weighted by molar-refractivity contribution is -0.116. The Kier molecular flexibility index (Phi) is 4.47. The van der Waals surface area contributed by atoms with Gasteiger partial charge in [0.2, 0.25) is 15.9 Å². The van der Waals surface area contributed by atoms with Crippen molar-refractivity contribution in [2.45, 2.75) is 6.42 Å². The van der Waals surface area contributed by atoms with E-state index in [0.29, 0.717) is 17.9 Å². The van der Waals surface area contributed by atoms with Crippen molar-refractivity contribution in [3.63, 3.8) is 0 Å². The monoisotopic (exact) mass is 257 g/mol. The first kappa shape index (κ1) is 13.5. The topological polar surface area (TPSA) is 101 Å². The molecule has 1 aromatic rings. The van der Waals surface area contributed by atoms with Gasteiger partial charge in [-0.05, 0) is 24.3 Å². The van der Waals surface area contributed by atoms with Gasteiger partial charge >= 0.3 is 0 Å². The van der Waals surface area contributed by atoms with Gasteiger partial charge in [-0.2, -0.15) is 0 Å². The lowest BCUT2D eigenvalue weighted by atomic mass is 10.3. The fraction of sp³-hybridized carbons (Fsp3) is 0.300. The largest absolute Gasteiger partial charge is 0.330 e. The van der Waals surface area contributed by atoms with E-state index in [9.17, 15) is 13.2 Å².